The highest BCUT2D eigenvalue weighted by atomic mass is 19.1. The van der Waals surface area contributed by atoms with Crippen LogP contribution in [0.15, 0.2) is 30.3 Å². The van der Waals surface area contributed by atoms with Gasteiger partial charge in [-0.2, -0.15) is 0 Å². The molecular formula is C16H21FN2O. The van der Waals surface area contributed by atoms with Gasteiger partial charge < -0.3 is 10.2 Å². The predicted octanol–water partition coefficient (Wildman–Crippen LogP) is 2.23. The third kappa shape index (κ3) is 2.57. The molecule has 3 nitrogen and oxygen atoms in total. The summed E-state index contributed by atoms with van der Waals surface area (Å²) < 4.78 is 14.8. The zero-order chi connectivity index (χ0) is 14.2. The molecular weight excluding hydrogens is 255 g/mol. The molecule has 1 saturated carbocycles. The Bertz CT molecular complexity index is 492. The lowest BCUT2D eigenvalue weighted by Crippen LogP contribution is -2.53. The van der Waals surface area contributed by atoms with Gasteiger partial charge in [-0.05, 0) is 44.8 Å². The summed E-state index contributed by atoms with van der Waals surface area (Å²) >= 11 is 0. The lowest BCUT2D eigenvalue weighted by atomic mass is 9.96. The van der Waals surface area contributed by atoms with E-state index in [1.54, 1.807) is 24.3 Å². The molecule has 0 spiro atoms. The number of alkyl halides is 1. The molecule has 0 aromatic heterocycles. The highest BCUT2D eigenvalue weighted by Gasteiger charge is 2.49. The third-order valence-corrected chi connectivity index (χ3v) is 4.45. The highest BCUT2D eigenvalue weighted by molar-refractivity contribution is 5.87. The number of likely N-dealkylation sites (tertiary alicyclic amines) is 1. The van der Waals surface area contributed by atoms with Crippen molar-refractivity contribution in [2.24, 2.45) is 0 Å². The van der Waals surface area contributed by atoms with Crippen LogP contribution in [-0.2, 0) is 10.5 Å². The van der Waals surface area contributed by atoms with Crippen molar-refractivity contribution >= 4 is 5.91 Å². The van der Waals surface area contributed by atoms with E-state index in [2.05, 4.69) is 10.2 Å². The van der Waals surface area contributed by atoms with Crippen LogP contribution in [0.2, 0.25) is 0 Å². The van der Waals surface area contributed by atoms with Gasteiger partial charge in [-0.1, -0.05) is 30.3 Å². The number of carbonyl (C=O) groups excluding carboxylic acids is 1. The number of nitrogens with one attached hydrogen (secondary N) is 1. The first-order chi connectivity index (χ1) is 9.52. The molecule has 0 radical (unpaired) electrons. The smallest absolute Gasteiger partial charge is 0.262 e. The van der Waals surface area contributed by atoms with E-state index < -0.39 is 11.6 Å². The molecule has 2 aliphatic rings. The number of amides is 1. The van der Waals surface area contributed by atoms with Crippen LogP contribution in [0.3, 0.4) is 0 Å². The Labute approximate surface area is 119 Å². The van der Waals surface area contributed by atoms with E-state index in [1.165, 1.54) is 13.3 Å². The molecule has 1 aliphatic heterocycles. The molecule has 1 N–H and O–H groups in total. The Morgan fingerprint density at radius 1 is 1.35 bits per heavy atom. The molecule has 20 heavy (non-hydrogen) atoms. The second-order valence-electron chi connectivity index (χ2n) is 6.23. The van der Waals surface area contributed by atoms with Gasteiger partial charge in [0.05, 0.1) is 5.54 Å². The molecule has 1 saturated heterocycles. The van der Waals surface area contributed by atoms with Crippen molar-refractivity contribution in [3.63, 3.8) is 0 Å². The Morgan fingerprint density at radius 3 is 2.50 bits per heavy atom. The predicted molar refractivity (Wildman–Crippen MR) is 76.1 cm³/mol. The molecule has 1 aromatic carbocycles. The van der Waals surface area contributed by atoms with Crippen LogP contribution in [0, 0.1) is 0 Å². The number of nitrogens with zero attached hydrogens (tertiary/aromatic N) is 1. The van der Waals surface area contributed by atoms with Gasteiger partial charge in [0.15, 0.2) is 0 Å². The number of hydrogen-bond donors (Lipinski definition) is 1. The van der Waals surface area contributed by atoms with Crippen LogP contribution in [-0.4, -0.2) is 36.0 Å². The Hall–Kier alpha value is -1.42. The normalized spacial score (nSPS) is 23.5. The van der Waals surface area contributed by atoms with Crippen molar-refractivity contribution in [3.8, 4) is 0 Å². The highest BCUT2D eigenvalue weighted by Crippen LogP contribution is 2.38. The molecule has 0 unspecified atom stereocenters. The summed E-state index contributed by atoms with van der Waals surface area (Å²) in [5.41, 5.74) is -1.73. The van der Waals surface area contributed by atoms with E-state index >= 15 is 0 Å². The van der Waals surface area contributed by atoms with E-state index in [0.29, 0.717) is 5.56 Å². The average Bonchev–Trinajstić information content (AvgIpc) is 3.15. The summed E-state index contributed by atoms with van der Waals surface area (Å²) in [6.07, 6.45) is 3.15. The summed E-state index contributed by atoms with van der Waals surface area (Å²) in [6.45, 7) is 4.41. The largest absolute Gasteiger partial charge is 0.346 e. The van der Waals surface area contributed by atoms with E-state index in [1.807, 2.05) is 6.07 Å². The number of rotatable bonds is 5. The fraction of sp³-hybridized carbons (Fsp3) is 0.562. The second-order valence-corrected chi connectivity index (χ2v) is 6.23. The van der Waals surface area contributed by atoms with E-state index in [9.17, 15) is 9.18 Å². The van der Waals surface area contributed by atoms with Gasteiger partial charge in [-0.3, -0.25) is 4.79 Å². The second kappa shape index (κ2) is 4.85. The summed E-state index contributed by atoms with van der Waals surface area (Å²) in [7, 11) is 0. The van der Waals surface area contributed by atoms with Gasteiger partial charge in [0.1, 0.15) is 0 Å². The molecule has 1 aromatic rings. The fourth-order valence-electron chi connectivity index (χ4n) is 2.68. The molecule has 2 fully saturated rings. The van der Waals surface area contributed by atoms with Gasteiger partial charge in [0, 0.05) is 6.54 Å². The minimum atomic E-state index is -1.97. The number of halogens is 1. The lowest BCUT2D eigenvalue weighted by Gasteiger charge is -2.35. The first-order valence-corrected chi connectivity index (χ1v) is 7.31. The van der Waals surface area contributed by atoms with Crippen LogP contribution in [0.1, 0.15) is 31.7 Å². The standard InChI is InChI=1S/C16H21FN2O/c1-15(17,13-6-3-2-4-7-13)14(20)18-16(8-9-16)12-19-10-5-11-19/h2-4,6-7H,5,8-12H2,1H3,(H,18,20)/t15-/m1/s1. The van der Waals surface area contributed by atoms with Gasteiger partial charge in [0.25, 0.3) is 5.91 Å². The van der Waals surface area contributed by atoms with Crippen LogP contribution >= 0.6 is 0 Å². The Morgan fingerprint density at radius 2 is 2.00 bits per heavy atom. The van der Waals surface area contributed by atoms with Crippen LogP contribution in [0.5, 0.6) is 0 Å². The van der Waals surface area contributed by atoms with E-state index in [4.69, 9.17) is 0 Å². The lowest BCUT2D eigenvalue weighted by molar-refractivity contribution is -0.133. The minimum Gasteiger partial charge on any atom is -0.346 e. The zero-order valence-corrected chi connectivity index (χ0v) is 11.9. The first kappa shape index (κ1) is 13.6. The van der Waals surface area contributed by atoms with E-state index in [-0.39, 0.29) is 5.54 Å². The van der Waals surface area contributed by atoms with Gasteiger partial charge in [0.2, 0.25) is 5.67 Å². The molecule has 1 aliphatic carbocycles. The Kier molecular flexibility index (Phi) is 3.28. The van der Waals surface area contributed by atoms with Crippen molar-refractivity contribution in [1.29, 1.82) is 0 Å². The first-order valence-electron chi connectivity index (χ1n) is 7.31. The fourth-order valence-corrected chi connectivity index (χ4v) is 2.68. The Balaban J connectivity index is 1.66. The quantitative estimate of drug-likeness (QED) is 0.894. The summed E-state index contributed by atoms with van der Waals surface area (Å²) in [5, 5.41) is 2.95. The zero-order valence-electron chi connectivity index (χ0n) is 11.9. The summed E-state index contributed by atoms with van der Waals surface area (Å²) in [6, 6.07) is 8.66. The van der Waals surface area contributed by atoms with Crippen LogP contribution < -0.4 is 5.32 Å². The molecule has 108 valence electrons. The SMILES string of the molecule is C[C@](F)(C(=O)NC1(CN2CCC2)CC1)c1ccccc1. The van der Waals surface area contributed by atoms with Crippen molar-refractivity contribution in [2.45, 2.75) is 37.4 Å². The van der Waals surface area contributed by atoms with Crippen molar-refractivity contribution in [3.05, 3.63) is 35.9 Å². The molecule has 0 bridgehead atoms. The molecule has 4 heteroatoms. The van der Waals surface area contributed by atoms with Crippen LogP contribution in [0.25, 0.3) is 0 Å². The minimum absolute atomic E-state index is 0.181. The van der Waals surface area contributed by atoms with Gasteiger partial charge in [-0.25, -0.2) is 4.39 Å². The maximum Gasteiger partial charge on any atom is 0.262 e. The average molecular weight is 276 g/mol. The monoisotopic (exact) mass is 276 g/mol. The number of carbonyl (C=O) groups is 1. The van der Waals surface area contributed by atoms with Crippen molar-refractivity contribution in [2.75, 3.05) is 19.6 Å². The molecule has 1 heterocycles. The van der Waals surface area contributed by atoms with Gasteiger partial charge >= 0.3 is 0 Å². The maximum absolute atomic E-state index is 14.8. The number of benzene rings is 1. The maximum atomic E-state index is 14.8. The topological polar surface area (TPSA) is 32.3 Å². The number of hydrogen-bond acceptors (Lipinski definition) is 2. The molecule has 3 rings (SSSR count). The van der Waals surface area contributed by atoms with Crippen LogP contribution in [0.4, 0.5) is 4.39 Å². The van der Waals surface area contributed by atoms with Crippen molar-refractivity contribution in [1.82, 2.24) is 10.2 Å². The molecule has 1 atom stereocenters. The van der Waals surface area contributed by atoms with E-state index in [0.717, 1.165) is 32.5 Å². The summed E-state index contributed by atoms with van der Waals surface area (Å²) in [5.74, 6) is -0.512. The molecule has 1 amide bonds. The van der Waals surface area contributed by atoms with Crippen molar-refractivity contribution < 1.29 is 9.18 Å². The third-order valence-electron chi connectivity index (χ3n) is 4.45. The summed E-state index contributed by atoms with van der Waals surface area (Å²) in [4.78, 5) is 14.6. The van der Waals surface area contributed by atoms with Gasteiger partial charge in [-0.15, -0.1) is 0 Å².